The van der Waals surface area contributed by atoms with E-state index in [4.69, 9.17) is 28.9 Å². The maximum Gasteiger partial charge on any atom is 0.0264 e. The van der Waals surface area contributed by atoms with Crippen molar-refractivity contribution in [3.05, 3.63) is 33.3 Å². The number of hydrogen-bond acceptors (Lipinski definition) is 1. The Bertz CT molecular complexity index is 329. The number of hydrogen-bond donors (Lipinski definition) is 1. The van der Waals surface area contributed by atoms with Crippen LogP contribution in [0.15, 0.2) is 16.6 Å². The Morgan fingerprint density at radius 3 is 2.20 bits per heavy atom. The lowest BCUT2D eigenvalue weighted by Crippen LogP contribution is -2.07. The Balaban J connectivity index is 3.17. The van der Waals surface area contributed by atoms with Crippen molar-refractivity contribution >= 4 is 39.1 Å². The maximum atomic E-state index is 5.80. The molecule has 2 N–H and O–H groups in total. The minimum absolute atomic E-state index is 0.550. The number of nitrogens with two attached hydrogens (primary N) is 1. The minimum Gasteiger partial charge on any atom is -0.326 e. The predicted octanol–water partition coefficient (Wildman–Crippen LogP) is 3.47. The fraction of sp³-hybridized carbons (Fsp3) is 0.455. The summed E-state index contributed by atoms with van der Waals surface area (Å²) in [7, 11) is 0. The van der Waals surface area contributed by atoms with Crippen LogP contribution >= 0.6 is 39.1 Å². The molecule has 0 spiro atoms. The Kier molecular flexibility index (Phi) is 5.98. The van der Waals surface area contributed by atoms with Crippen molar-refractivity contribution in [1.82, 2.24) is 0 Å². The van der Waals surface area contributed by atoms with Crippen molar-refractivity contribution in [3.63, 3.8) is 0 Å². The summed E-state index contributed by atoms with van der Waals surface area (Å²) in [5.41, 5.74) is 9.37. The highest BCUT2D eigenvalue weighted by Crippen LogP contribution is 2.25. The molecule has 0 aromatic heterocycles. The number of alkyl halides is 2. The molecule has 0 aliphatic rings. The van der Waals surface area contributed by atoms with Crippen LogP contribution in [-0.4, -0.2) is 11.8 Å². The molecule has 0 saturated carbocycles. The van der Waals surface area contributed by atoms with Crippen molar-refractivity contribution < 1.29 is 0 Å². The van der Waals surface area contributed by atoms with E-state index in [2.05, 4.69) is 15.9 Å². The van der Waals surface area contributed by atoms with E-state index < -0.39 is 0 Å². The number of rotatable bonds is 5. The molecule has 84 valence electrons. The monoisotopic (exact) mass is 309 g/mol. The third-order valence-electron chi connectivity index (χ3n) is 2.38. The fourth-order valence-electron chi connectivity index (χ4n) is 1.67. The maximum absolute atomic E-state index is 5.80. The molecule has 1 aromatic rings. The second kappa shape index (κ2) is 6.74. The van der Waals surface area contributed by atoms with E-state index >= 15 is 0 Å². The zero-order valence-corrected chi connectivity index (χ0v) is 11.5. The van der Waals surface area contributed by atoms with Crippen molar-refractivity contribution in [3.8, 4) is 0 Å². The third-order valence-corrected chi connectivity index (χ3v) is 3.50. The zero-order valence-electron chi connectivity index (χ0n) is 8.40. The second-order valence-corrected chi connectivity index (χ2v) is 4.86. The summed E-state index contributed by atoms with van der Waals surface area (Å²) in [5, 5.41) is 0. The van der Waals surface area contributed by atoms with Gasteiger partial charge >= 0.3 is 0 Å². The van der Waals surface area contributed by atoms with Crippen LogP contribution in [0.4, 0.5) is 0 Å². The van der Waals surface area contributed by atoms with Crippen molar-refractivity contribution in [1.29, 1.82) is 0 Å². The molecule has 0 aliphatic carbocycles. The molecule has 0 amide bonds. The highest BCUT2D eigenvalue weighted by atomic mass is 79.9. The first-order chi connectivity index (χ1) is 7.24. The molecule has 0 atom stereocenters. The zero-order chi connectivity index (χ0) is 11.3. The molecule has 0 bridgehead atoms. The van der Waals surface area contributed by atoms with Gasteiger partial charge in [0.15, 0.2) is 0 Å². The van der Waals surface area contributed by atoms with Gasteiger partial charge in [-0.05, 0) is 35.6 Å². The summed E-state index contributed by atoms with van der Waals surface area (Å²) in [4.78, 5) is 0. The van der Waals surface area contributed by atoms with E-state index in [1.807, 2.05) is 12.1 Å². The molecule has 0 unspecified atom stereocenters. The molecule has 1 rings (SSSR count). The molecule has 0 heterocycles. The van der Waals surface area contributed by atoms with E-state index in [1.165, 1.54) is 16.7 Å². The van der Waals surface area contributed by atoms with Crippen LogP contribution in [0, 0.1) is 0 Å². The summed E-state index contributed by atoms with van der Waals surface area (Å²) in [6.07, 6.45) is 1.70. The van der Waals surface area contributed by atoms with Gasteiger partial charge in [-0.1, -0.05) is 22.0 Å². The van der Waals surface area contributed by atoms with Gasteiger partial charge in [0.2, 0.25) is 0 Å². The lowest BCUT2D eigenvalue weighted by molar-refractivity contribution is 0.961. The highest BCUT2D eigenvalue weighted by Gasteiger charge is 2.10. The minimum atomic E-state index is 0.550. The topological polar surface area (TPSA) is 26.0 Å². The van der Waals surface area contributed by atoms with Crippen molar-refractivity contribution in [2.24, 2.45) is 5.73 Å². The van der Waals surface area contributed by atoms with Crippen LogP contribution in [-0.2, 0) is 19.4 Å². The lowest BCUT2D eigenvalue weighted by Gasteiger charge is -2.14. The molecule has 0 aliphatic heterocycles. The van der Waals surface area contributed by atoms with Gasteiger partial charge in [0.1, 0.15) is 0 Å². The molecule has 15 heavy (non-hydrogen) atoms. The van der Waals surface area contributed by atoms with Gasteiger partial charge in [-0.2, -0.15) is 0 Å². The van der Waals surface area contributed by atoms with Crippen LogP contribution < -0.4 is 5.73 Å². The van der Waals surface area contributed by atoms with Gasteiger partial charge in [0.05, 0.1) is 0 Å². The molecular weight excluding hydrogens is 297 g/mol. The number of benzene rings is 1. The van der Waals surface area contributed by atoms with Crippen LogP contribution in [0.1, 0.15) is 16.7 Å². The Morgan fingerprint density at radius 1 is 1.07 bits per heavy atom. The summed E-state index contributed by atoms with van der Waals surface area (Å²) < 4.78 is 1.10. The molecule has 1 aromatic carbocycles. The summed E-state index contributed by atoms with van der Waals surface area (Å²) >= 11 is 15.1. The van der Waals surface area contributed by atoms with Gasteiger partial charge in [0.25, 0.3) is 0 Å². The Morgan fingerprint density at radius 2 is 1.67 bits per heavy atom. The van der Waals surface area contributed by atoms with Gasteiger partial charge < -0.3 is 5.73 Å². The quantitative estimate of drug-likeness (QED) is 0.828. The van der Waals surface area contributed by atoms with Gasteiger partial charge in [0, 0.05) is 22.8 Å². The van der Waals surface area contributed by atoms with Crippen LogP contribution in [0.2, 0.25) is 0 Å². The first-order valence-electron chi connectivity index (χ1n) is 4.85. The standard InChI is InChI=1S/C11H14BrCl2N/c12-11-2-1-8(7-15)9(3-5-13)10(11)4-6-14/h1-2H,3-7,15H2. The SMILES string of the molecule is NCc1ccc(Br)c(CCCl)c1CCCl. The first kappa shape index (κ1) is 13.3. The largest absolute Gasteiger partial charge is 0.326 e. The Hall–Kier alpha value is 0.240. The fourth-order valence-corrected chi connectivity index (χ4v) is 2.62. The molecular formula is C11H14BrCl2N. The smallest absolute Gasteiger partial charge is 0.0264 e. The predicted molar refractivity (Wildman–Crippen MR) is 70.9 cm³/mol. The first-order valence-corrected chi connectivity index (χ1v) is 6.72. The average molecular weight is 311 g/mol. The van der Waals surface area contributed by atoms with E-state index in [-0.39, 0.29) is 0 Å². The summed E-state index contributed by atoms with van der Waals surface area (Å²) in [6, 6.07) is 4.07. The number of halogens is 3. The van der Waals surface area contributed by atoms with E-state index in [0.717, 1.165) is 17.3 Å². The van der Waals surface area contributed by atoms with E-state index in [9.17, 15) is 0 Å². The second-order valence-electron chi connectivity index (χ2n) is 3.25. The Labute approximate surface area is 109 Å². The van der Waals surface area contributed by atoms with E-state index in [1.54, 1.807) is 0 Å². The molecule has 1 nitrogen and oxygen atoms in total. The van der Waals surface area contributed by atoms with Crippen molar-refractivity contribution in [2.45, 2.75) is 19.4 Å². The van der Waals surface area contributed by atoms with Gasteiger partial charge in [-0.25, -0.2) is 0 Å². The van der Waals surface area contributed by atoms with Crippen LogP contribution in [0.3, 0.4) is 0 Å². The average Bonchev–Trinajstić information content (AvgIpc) is 2.24. The highest BCUT2D eigenvalue weighted by molar-refractivity contribution is 9.10. The molecule has 4 heteroatoms. The summed E-state index contributed by atoms with van der Waals surface area (Å²) in [6.45, 7) is 0.550. The van der Waals surface area contributed by atoms with Gasteiger partial charge in [-0.15, -0.1) is 23.2 Å². The van der Waals surface area contributed by atoms with Crippen LogP contribution in [0.25, 0.3) is 0 Å². The van der Waals surface area contributed by atoms with Crippen LogP contribution in [0.5, 0.6) is 0 Å². The third kappa shape index (κ3) is 3.35. The van der Waals surface area contributed by atoms with Gasteiger partial charge in [-0.3, -0.25) is 0 Å². The van der Waals surface area contributed by atoms with E-state index in [0.29, 0.717) is 18.3 Å². The summed E-state index contributed by atoms with van der Waals surface area (Å²) in [5.74, 6) is 1.22. The molecule has 0 fully saturated rings. The molecule has 0 radical (unpaired) electrons. The molecule has 0 saturated heterocycles. The lowest BCUT2D eigenvalue weighted by atomic mass is 9.97. The van der Waals surface area contributed by atoms with Crippen molar-refractivity contribution in [2.75, 3.05) is 11.8 Å². The normalized spacial score (nSPS) is 10.7.